The molecule has 1 aromatic rings. The smallest absolute Gasteiger partial charge is 0.288 e. The molecule has 0 aliphatic rings. The molecule has 0 saturated heterocycles. The van der Waals surface area contributed by atoms with Crippen LogP contribution in [0.25, 0.3) is 0 Å². The predicted octanol–water partition coefficient (Wildman–Crippen LogP) is 2.16. The largest absolute Gasteiger partial charge is 0.396 e. The molecule has 0 spiro atoms. The van der Waals surface area contributed by atoms with E-state index < -0.39 is 4.92 Å². The highest BCUT2D eigenvalue weighted by molar-refractivity contribution is 6.32. The molecule has 14 heavy (non-hydrogen) atoms. The maximum atomic E-state index is 10.5. The van der Waals surface area contributed by atoms with Crippen molar-refractivity contribution in [1.82, 2.24) is 0 Å². The molecule has 0 saturated carbocycles. The summed E-state index contributed by atoms with van der Waals surface area (Å²) < 4.78 is 0. The normalized spacial score (nSPS) is 12.5. The molecule has 1 aromatic carbocycles. The molecule has 75 valence electrons. The minimum Gasteiger partial charge on any atom is -0.396 e. The van der Waals surface area contributed by atoms with E-state index in [2.05, 4.69) is 6.92 Å². The molecule has 5 heteroatoms. The Morgan fingerprint density at radius 2 is 2.29 bits per heavy atom. The molecule has 0 bridgehead atoms. The van der Waals surface area contributed by atoms with Crippen LogP contribution in [-0.4, -0.2) is 16.6 Å². The van der Waals surface area contributed by atoms with Crippen molar-refractivity contribution < 1.29 is 10.0 Å². The summed E-state index contributed by atoms with van der Waals surface area (Å²) in [6.45, 7) is 3.49. The Balaban J connectivity index is 3.12. The average Bonchev–Trinajstić information content (AvgIpc) is 2.17. The van der Waals surface area contributed by atoms with Crippen LogP contribution in [0.5, 0.6) is 0 Å². The molecule has 0 aromatic heterocycles. The standard InChI is InChI=1S/C9H9ClNO3/c1-6(5-12)7-2-3-8(10)9(4-7)11(13)14/h2-4,6,12H,1,5H2. The lowest BCUT2D eigenvalue weighted by Gasteiger charge is -2.07. The number of benzene rings is 1. The molecule has 0 fully saturated rings. The number of rotatable bonds is 3. The maximum absolute atomic E-state index is 10.5. The van der Waals surface area contributed by atoms with Gasteiger partial charge in [-0.2, -0.15) is 0 Å². The van der Waals surface area contributed by atoms with Crippen molar-refractivity contribution in [2.24, 2.45) is 0 Å². The third kappa shape index (κ3) is 2.21. The van der Waals surface area contributed by atoms with Crippen molar-refractivity contribution >= 4 is 17.3 Å². The highest BCUT2D eigenvalue weighted by Crippen LogP contribution is 2.27. The molecule has 0 amide bonds. The van der Waals surface area contributed by atoms with E-state index in [1.807, 2.05) is 0 Å². The van der Waals surface area contributed by atoms with Crippen LogP contribution in [-0.2, 0) is 0 Å². The van der Waals surface area contributed by atoms with Crippen LogP contribution in [0, 0.1) is 17.0 Å². The van der Waals surface area contributed by atoms with Crippen molar-refractivity contribution in [2.75, 3.05) is 6.61 Å². The van der Waals surface area contributed by atoms with Crippen LogP contribution in [0.4, 0.5) is 5.69 Å². The summed E-state index contributed by atoms with van der Waals surface area (Å²) in [6.07, 6.45) is 0. The molecule has 1 rings (SSSR count). The van der Waals surface area contributed by atoms with Crippen molar-refractivity contribution in [3.8, 4) is 0 Å². The molecule has 0 aliphatic heterocycles. The minimum atomic E-state index is -0.560. The van der Waals surface area contributed by atoms with Gasteiger partial charge in [-0.05, 0) is 18.6 Å². The summed E-state index contributed by atoms with van der Waals surface area (Å²) in [5.41, 5.74) is 0.440. The first-order chi connectivity index (χ1) is 6.56. The summed E-state index contributed by atoms with van der Waals surface area (Å²) in [5.74, 6) is -0.369. The van der Waals surface area contributed by atoms with Crippen LogP contribution in [0.1, 0.15) is 11.5 Å². The van der Waals surface area contributed by atoms with Gasteiger partial charge in [0.2, 0.25) is 0 Å². The minimum absolute atomic E-state index is 0.0869. The Kier molecular flexibility index (Phi) is 3.43. The molecule has 0 heterocycles. The van der Waals surface area contributed by atoms with E-state index in [-0.39, 0.29) is 23.2 Å². The van der Waals surface area contributed by atoms with Gasteiger partial charge in [-0.3, -0.25) is 10.1 Å². The monoisotopic (exact) mass is 214 g/mol. The van der Waals surface area contributed by atoms with Crippen molar-refractivity contribution in [1.29, 1.82) is 0 Å². The zero-order valence-corrected chi connectivity index (χ0v) is 8.07. The molecule has 1 unspecified atom stereocenters. The summed E-state index contributed by atoms with van der Waals surface area (Å²) in [6, 6.07) is 4.38. The first kappa shape index (κ1) is 10.9. The van der Waals surface area contributed by atoms with E-state index in [4.69, 9.17) is 16.7 Å². The fourth-order valence-corrected chi connectivity index (χ4v) is 1.22. The van der Waals surface area contributed by atoms with Gasteiger partial charge in [-0.25, -0.2) is 0 Å². The topological polar surface area (TPSA) is 63.4 Å². The molecule has 0 aliphatic carbocycles. The van der Waals surface area contributed by atoms with Crippen LogP contribution in [0.15, 0.2) is 18.2 Å². The second-order valence-corrected chi connectivity index (χ2v) is 3.25. The number of aliphatic hydroxyl groups excluding tert-OH is 1. The van der Waals surface area contributed by atoms with Gasteiger partial charge in [0.25, 0.3) is 5.69 Å². The van der Waals surface area contributed by atoms with E-state index in [0.717, 1.165) is 0 Å². The van der Waals surface area contributed by atoms with Gasteiger partial charge in [-0.15, -0.1) is 0 Å². The highest BCUT2D eigenvalue weighted by atomic mass is 35.5. The van der Waals surface area contributed by atoms with Crippen LogP contribution in [0.2, 0.25) is 5.02 Å². The van der Waals surface area contributed by atoms with Crippen molar-refractivity contribution in [3.05, 3.63) is 45.8 Å². The summed E-state index contributed by atoms with van der Waals surface area (Å²) >= 11 is 5.61. The number of aliphatic hydroxyl groups is 1. The van der Waals surface area contributed by atoms with Gasteiger partial charge in [0.15, 0.2) is 0 Å². The zero-order valence-electron chi connectivity index (χ0n) is 7.31. The SMILES string of the molecule is [CH2]C(CO)c1ccc(Cl)c([N+](=O)[O-])c1. The number of halogens is 1. The molecule has 4 nitrogen and oxygen atoms in total. The lowest BCUT2D eigenvalue weighted by molar-refractivity contribution is -0.384. The van der Waals surface area contributed by atoms with E-state index in [1.54, 1.807) is 6.07 Å². The third-order valence-electron chi connectivity index (χ3n) is 1.86. The molecular weight excluding hydrogens is 206 g/mol. The van der Waals surface area contributed by atoms with E-state index in [9.17, 15) is 10.1 Å². The van der Waals surface area contributed by atoms with Crippen LogP contribution >= 0.6 is 11.6 Å². The maximum Gasteiger partial charge on any atom is 0.288 e. The Hall–Kier alpha value is -1.13. The first-order valence-corrected chi connectivity index (χ1v) is 4.32. The number of hydrogen-bond acceptors (Lipinski definition) is 3. The van der Waals surface area contributed by atoms with E-state index >= 15 is 0 Å². The summed E-state index contributed by atoms with van der Waals surface area (Å²) in [5, 5.41) is 19.4. The fourth-order valence-electron chi connectivity index (χ4n) is 1.03. The number of nitrogens with zero attached hydrogens (tertiary/aromatic N) is 1. The van der Waals surface area contributed by atoms with Gasteiger partial charge in [0.1, 0.15) is 5.02 Å². The van der Waals surface area contributed by atoms with Gasteiger partial charge in [0.05, 0.1) is 4.92 Å². The highest BCUT2D eigenvalue weighted by Gasteiger charge is 2.14. The van der Waals surface area contributed by atoms with Gasteiger partial charge >= 0.3 is 0 Å². The lowest BCUT2D eigenvalue weighted by Crippen LogP contribution is -2.00. The summed E-state index contributed by atoms with van der Waals surface area (Å²) in [4.78, 5) is 9.96. The molecule has 1 atom stereocenters. The molecular formula is C9H9ClNO3. The number of hydrogen-bond donors (Lipinski definition) is 1. The quantitative estimate of drug-likeness (QED) is 0.620. The number of nitro groups is 1. The lowest BCUT2D eigenvalue weighted by atomic mass is 10.0. The Labute approximate surface area is 86.3 Å². The molecule has 1 N–H and O–H groups in total. The Morgan fingerprint density at radius 3 is 2.79 bits per heavy atom. The Morgan fingerprint density at radius 1 is 1.64 bits per heavy atom. The molecule has 1 radical (unpaired) electrons. The second-order valence-electron chi connectivity index (χ2n) is 2.85. The average molecular weight is 215 g/mol. The van der Waals surface area contributed by atoms with E-state index in [0.29, 0.717) is 5.56 Å². The van der Waals surface area contributed by atoms with Crippen molar-refractivity contribution in [2.45, 2.75) is 5.92 Å². The van der Waals surface area contributed by atoms with Crippen LogP contribution in [0.3, 0.4) is 0 Å². The Bertz CT molecular complexity index is 354. The zero-order chi connectivity index (χ0) is 10.7. The summed E-state index contributed by atoms with van der Waals surface area (Å²) in [7, 11) is 0. The van der Waals surface area contributed by atoms with E-state index in [1.165, 1.54) is 12.1 Å². The second kappa shape index (κ2) is 4.39. The van der Waals surface area contributed by atoms with Gasteiger partial charge in [-0.1, -0.05) is 17.7 Å². The first-order valence-electron chi connectivity index (χ1n) is 3.94. The van der Waals surface area contributed by atoms with Gasteiger partial charge < -0.3 is 5.11 Å². The van der Waals surface area contributed by atoms with Crippen LogP contribution < -0.4 is 0 Å². The fraction of sp³-hybridized carbons (Fsp3) is 0.222. The predicted molar refractivity (Wildman–Crippen MR) is 53.3 cm³/mol. The van der Waals surface area contributed by atoms with Gasteiger partial charge in [0, 0.05) is 18.6 Å². The third-order valence-corrected chi connectivity index (χ3v) is 2.18. The number of nitro benzene ring substituents is 1. The van der Waals surface area contributed by atoms with Crippen molar-refractivity contribution in [3.63, 3.8) is 0 Å².